The largest absolute Gasteiger partial charge is 0.317 e. The molecule has 0 atom stereocenters. The lowest BCUT2D eigenvalue weighted by molar-refractivity contribution is 0.386. The Bertz CT molecular complexity index is 353. The quantitative estimate of drug-likeness (QED) is 0.641. The third-order valence-corrected chi connectivity index (χ3v) is 3.21. The van der Waals surface area contributed by atoms with Crippen LogP contribution in [0.3, 0.4) is 0 Å². The molecule has 1 aliphatic rings. The van der Waals surface area contributed by atoms with Crippen LogP contribution in [0.4, 0.5) is 0 Å². The highest BCUT2D eigenvalue weighted by Gasteiger charge is 2.13. The lowest BCUT2D eigenvalue weighted by atomic mass is 10.1. The van der Waals surface area contributed by atoms with Crippen LogP contribution < -0.4 is 10.6 Å². The number of rotatable bonds is 3. The lowest BCUT2D eigenvalue weighted by Crippen LogP contribution is -2.39. The molecule has 2 rings (SSSR count). The van der Waals surface area contributed by atoms with E-state index in [1.54, 1.807) is 6.20 Å². The highest BCUT2D eigenvalue weighted by Crippen LogP contribution is 2.14. The van der Waals surface area contributed by atoms with Crippen molar-refractivity contribution in [2.45, 2.75) is 25.4 Å². The Morgan fingerprint density at radius 2 is 2.12 bits per heavy atom. The first-order valence-electron chi connectivity index (χ1n) is 5.37. The van der Waals surface area contributed by atoms with Crippen LogP contribution >= 0.6 is 23.2 Å². The maximum Gasteiger partial charge on any atom is 0.223 e. The molecule has 1 aromatic rings. The number of aromatic nitrogens is 2. The van der Waals surface area contributed by atoms with Gasteiger partial charge in [0, 0.05) is 24.3 Å². The third kappa shape index (κ3) is 3.28. The predicted molar refractivity (Wildman–Crippen MR) is 64.8 cm³/mol. The van der Waals surface area contributed by atoms with Gasteiger partial charge in [-0.05, 0) is 37.5 Å². The molecule has 0 radical (unpaired) electrons. The molecule has 6 heteroatoms. The summed E-state index contributed by atoms with van der Waals surface area (Å²) < 4.78 is 0. The molecule has 1 fully saturated rings. The number of hydrogen-bond donors (Lipinski definition) is 2. The zero-order valence-electron chi connectivity index (χ0n) is 8.84. The molecule has 0 saturated carbocycles. The minimum Gasteiger partial charge on any atom is -0.317 e. The van der Waals surface area contributed by atoms with Crippen LogP contribution in [-0.2, 0) is 6.54 Å². The van der Waals surface area contributed by atoms with Gasteiger partial charge >= 0.3 is 0 Å². The second kappa shape index (κ2) is 5.77. The molecule has 1 saturated heterocycles. The third-order valence-electron chi connectivity index (χ3n) is 2.70. The molecule has 2 N–H and O–H groups in total. The summed E-state index contributed by atoms with van der Waals surface area (Å²) in [6.07, 6.45) is 3.96. The van der Waals surface area contributed by atoms with Crippen LogP contribution in [0, 0.1) is 0 Å². The summed E-state index contributed by atoms with van der Waals surface area (Å²) in [5.41, 5.74) is 0.893. The fourth-order valence-corrected chi connectivity index (χ4v) is 2.14. The summed E-state index contributed by atoms with van der Waals surface area (Å²) in [5.74, 6) is 0. The van der Waals surface area contributed by atoms with Crippen molar-refractivity contribution in [3.05, 3.63) is 22.2 Å². The minimum absolute atomic E-state index is 0.190. The number of halogens is 2. The predicted octanol–water partition coefficient (Wildman–Crippen LogP) is 1.63. The van der Waals surface area contributed by atoms with Crippen LogP contribution in [0.25, 0.3) is 0 Å². The monoisotopic (exact) mass is 260 g/mol. The summed E-state index contributed by atoms with van der Waals surface area (Å²) in [4.78, 5) is 7.83. The summed E-state index contributed by atoms with van der Waals surface area (Å²) in [5, 5.41) is 7.40. The molecule has 0 aromatic carbocycles. The Balaban J connectivity index is 1.88. The molecule has 88 valence electrons. The Labute approximate surface area is 105 Å². The van der Waals surface area contributed by atoms with Crippen LogP contribution in [0.1, 0.15) is 18.4 Å². The Hall–Kier alpha value is -0.420. The van der Waals surface area contributed by atoms with E-state index in [0.717, 1.165) is 31.5 Å². The van der Waals surface area contributed by atoms with Crippen molar-refractivity contribution < 1.29 is 0 Å². The van der Waals surface area contributed by atoms with Crippen LogP contribution in [-0.4, -0.2) is 29.1 Å². The van der Waals surface area contributed by atoms with E-state index in [1.165, 1.54) is 0 Å². The zero-order valence-corrected chi connectivity index (χ0v) is 10.4. The number of nitrogens with zero attached hydrogens (tertiary/aromatic N) is 2. The molecule has 0 amide bonds. The van der Waals surface area contributed by atoms with Crippen LogP contribution in [0.2, 0.25) is 10.4 Å². The Kier molecular flexibility index (Phi) is 4.35. The van der Waals surface area contributed by atoms with Gasteiger partial charge in [-0.25, -0.2) is 9.97 Å². The van der Waals surface area contributed by atoms with E-state index < -0.39 is 0 Å². The molecule has 0 spiro atoms. The standard InChI is InChI=1S/C10H14Cl2N4/c11-9-7(6-15-10(12)16-9)5-14-8-1-3-13-4-2-8/h6,8,13-14H,1-5H2. The molecule has 0 bridgehead atoms. The number of piperidine rings is 1. The lowest BCUT2D eigenvalue weighted by Gasteiger charge is -2.23. The Morgan fingerprint density at radius 3 is 2.81 bits per heavy atom. The van der Waals surface area contributed by atoms with Gasteiger partial charge in [0.1, 0.15) is 5.15 Å². The van der Waals surface area contributed by atoms with E-state index in [2.05, 4.69) is 20.6 Å². The zero-order chi connectivity index (χ0) is 11.4. The minimum atomic E-state index is 0.190. The van der Waals surface area contributed by atoms with Crippen molar-refractivity contribution in [3.63, 3.8) is 0 Å². The molecule has 0 unspecified atom stereocenters. The van der Waals surface area contributed by atoms with Gasteiger partial charge < -0.3 is 10.6 Å². The van der Waals surface area contributed by atoms with Gasteiger partial charge in [-0.1, -0.05) is 11.6 Å². The van der Waals surface area contributed by atoms with Gasteiger partial charge in [0.05, 0.1) is 0 Å². The van der Waals surface area contributed by atoms with Crippen molar-refractivity contribution in [1.82, 2.24) is 20.6 Å². The van der Waals surface area contributed by atoms with Crippen molar-refractivity contribution in [1.29, 1.82) is 0 Å². The second-order valence-electron chi connectivity index (χ2n) is 3.86. The van der Waals surface area contributed by atoms with Gasteiger partial charge in [0.15, 0.2) is 0 Å². The SMILES string of the molecule is Clc1ncc(CNC2CCNCC2)c(Cl)n1. The molecule has 1 aliphatic heterocycles. The highest BCUT2D eigenvalue weighted by atomic mass is 35.5. The number of nitrogens with one attached hydrogen (secondary N) is 2. The van der Waals surface area contributed by atoms with E-state index in [1.807, 2.05) is 0 Å². The van der Waals surface area contributed by atoms with Gasteiger partial charge in [-0.15, -0.1) is 0 Å². The second-order valence-corrected chi connectivity index (χ2v) is 4.56. The molecular formula is C10H14Cl2N4. The average Bonchev–Trinajstić information content (AvgIpc) is 2.29. The first-order chi connectivity index (χ1) is 7.75. The summed E-state index contributed by atoms with van der Waals surface area (Å²) in [7, 11) is 0. The normalized spacial score (nSPS) is 17.6. The summed E-state index contributed by atoms with van der Waals surface area (Å²) in [6, 6.07) is 0.549. The van der Waals surface area contributed by atoms with E-state index in [0.29, 0.717) is 17.7 Å². The fraction of sp³-hybridized carbons (Fsp3) is 0.600. The first-order valence-corrected chi connectivity index (χ1v) is 6.12. The van der Waals surface area contributed by atoms with Gasteiger partial charge in [-0.3, -0.25) is 0 Å². The summed E-state index contributed by atoms with van der Waals surface area (Å²) >= 11 is 11.6. The maximum atomic E-state index is 5.96. The first kappa shape index (κ1) is 12.0. The van der Waals surface area contributed by atoms with Crippen LogP contribution in [0.5, 0.6) is 0 Å². The van der Waals surface area contributed by atoms with Crippen molar-refractivity contribution in [2.75, 3.05) is 13.1 Å². The van der Waals surface area contributed by atoms with Gasteiger partial charge in [0.2, 0.25) is 5.28 Å². The van der Waals surface area contributed by atoms with E-state index in [-0.39, 0.29) is 5.28 Å². The molecule has 2 heterocycles. The topological polar surface area (TPSA) is 49.8 Å². The molecule has 0 aliphatic carbocycles. The fourth-order valence-electron chi connectivity index (χ4n) is 1.77. The van der Waals surface area contributed by atoms with E-state index >= 15 is 0 Å². The van der Waals surface area contributed by atoms with Crippen LogP contribution in [0.15, 0.2) is 6.20 Å². The van der Waals surface area contributed by atoms with Crippen molar-refractivity contribution in [3.8, 4) is 0 Å². The van der Waals surface area contributed by atoms with E-state index in [9.17, 15) is 0 Å². The number of hydrogen-bond acceptors (Lipinski definition) is 4. The van der Waals surface area contributed by atoms with Gasteiger partial charge in [0.25, 0.3) is 0 Å². The van der Waals surface area contributed by atoms with Gasteiger partial charge in [-0.2, -0.15) is 0 Å². The Morgan fingerprint density at radius 1 is 1.38 bits per heavy atom. The highest BCUT2D eigenvalue weighted by molar-refractivity contribution is 6.32. The van der Waals surface area contributed by atoms with Crippen molar-refractivity contribution >= 4 is 23.2 Å². The van der Waals surface area contributed by atoms with Crippen molar-refractivity contribution in [2.24, 2.45) is 0 Å². The van der Waals surface area contributed by atoms with E-state index in [4.69, 9.17) is 23.2 Å². The molecule has 4 nitrogen and oxygen atoms in total. The molecule has 16 heavy (non-hydrogen) atoms. The summed E-state index contributed by atoms with van der Waals surface area (Å²) in [6.45, 7) is 2.84. The smallest absolute Gasteiger partial charge is 0.223 e. The molecular weight excluding hydrogens is 247 g/mol. The maximum absolute atomic E-state index is 5.96. The average molecular weight is 261 g/mol. The molecule has 1 aromatic heterocycles.